The number of amides is 1. The first-order chi connectivity index (χ1) is 11.1. The van der Waals surface area contributed by atoms with E-state index in [0.29, 0.717) is 12.2 Å². The van der Waals surface area contributed by atoms with Crippen molar-refractivity contribution < 1.29 is 4.79 Å². The number of rotatable bonds is 5. The van der Waals surface area contributed by atoms with Gasteiger partial charge < -0.3 is 10.6 Å². The molecular weight excluding hydrogens is 354 g/mol. The predicted molar refractivity (Wildman–Crippen MR) is 94.5 cm³/mol. The summed E-state index contributed by atoms with van der Waals surface area (Å²) in [5.74, 6) is -0.426. The maximum Gasteiger partial charge on any atom is 0.267 e. The molecule has 116 valence electrons. The van der Waals surface area contributed by atoms with E-state index in [-0.39, 0.29) is 5.57 Å². The molecular formula is C18H16BrN3O. The van der Waals surface area contributed by atoms with Gasteiger partial charge in [0.2, 0.25) is 0 Å². The van der Waals surface area contributed by atoms with Gasteiger partial charge in [0.1, 0.15) is 11.6 Å². The summed E-state index contributed by atoms with van der Waals surface area (Å²) >= 11 is 3.38. The van der Waals surface area contributed by atoms with Crippen molar-refractivity contribution in [1.29, 1.82) is 5.26 Å². The van der Waals surface area contributed by atoms with Crippen LogP contribution in [0, 0.1) is 18.3 Å². The van der Waals surface area contributed by atoms with Crippen molar-refractivity contribution in [3.63, 3.8) is 0 Å². The lowest BCUT2D eigenvalue weighted by atomic mass is 10.2. The highest BCUT2D eigenvalue weighted by molar-refractivity contribution is 9.10. The van der Waals surface area contributed by atoms with Gasteiger partial charge in [-0.2, -0.15) is 5.26 Å². The smallest absolute Gasteiger partial charge is 0.267 e. The van der Waals surface area contributed by atoms with Gasteiger partial charge in [0.05, 0.1) is 0 Å². The molecule has 0 heterocycles. The van der Waals surface area contributed by atoms with E-state index in [1.165, 1.54) is 6.20 Å². The van der Waals surface area contributed by atoms with Crippen molar-refractivity contribution in [2.24, 2.45) is 0 Å². The van der Waals surface area contributed by atoms with E-state index in [1.807, 2.05) is 55.5 Å². The molecule has 0 saturated carbocycles. The van der Waals surface area contributed by atoms with Gasteiger partial charge in [-0.1, -0.05) is 46.3 Å². The quantitative estimate of drug-likeness (QED) is 0.620. The lowest BCUT2D eigenvalue weighted by Crippen LogP contribution is -2.17. The van der Waals surface area contributed by atoms with Crippen LogP contribution in [-0.2, 0) is 11.3 Å². The minimum Gasteiger partial charge on any atom is -0.386 e. The molecule has 0 aliphatic rings. The predicted octanol–water partition coefficient (Wildman–Crippen LogP) is 3.89. The molecule has 0 unspecified atom stereocenters. The first-order valence-corrected chi connectivity index (χ1v) is 7.84. The summed E-state index contributed by atoms with van der Waals surface area (Å²) in [7, 11) is 0. The Morgan fingerprint density at radius 3 is 2.57 bits per heavy atom. The molecule has 5 heteroatoms. The number of hydrogen-bond donors (Lipinski definition) is 2. The van der Waals surface area contributed by atoms with Crippen molar-refractivity contribution in [3.05, 3.63) is 75.9 Å². The second kappa shape index (κ2) is 8.16. The van der Waals surface area contributed by atoms with Gasteiger partial charge in [-0.25, -0.2) is 0 Å². The van der Waals surface area contributed by atoms with Gasteiger partial charge in [0.15, 0.2) is 0 Å². The minimum atomic E-state index is -0.426. The molecule has 2 N–H and O–H groups in total. The number of anilines is 1. The zero-order chi connectivity index (χ0) is 16.7. The van der Waals surface area contributed by atoms with Crippen molar-refractivity contribution in [2.75, 3.05) is 5.32 Å². The van der Waals surface area contributed by atoms with E-state index in [9.17, 15) is 4.79 Å². The molecule has 0 spiro atoms. The lowest BCUT2D eigenvalue weighted by molar-refractivity contribution is -0.112. The van der Waals surface area contributed by atoms with E-state index in [1.54, 1.807) is 6.07 Å². The van der Waals surface area contributed by atoms with Crippen LogP contribution in [0.2, 0.25) is 0 Å². The van der Waals surface area contributed by atoms with Crippen LogP contribution in [0.4, 0.5) is 5.69 Å². The summed E-state index contributed by atoms with van der Waals surface area (Å²) in [4.78, 5) is 12.1. The molecule has 0 radical (unpaired) electrons. The Balaban J connectivity index is 1.98. The molecule has 2 rings (SSSR count). The number of hydrogen-bond acceptors (Lipinski definition) is 3. The zero-order valence-electron chi connectivity index (χ0n) is 12.6. The van der Waals surface area contributed by atoms with E-state index >= 15 is 0 Å². The fraction of sp³-hybridized carbons (Fsp3) is 0.111. The molecule has 0 aliphatic carbocycles. The number of aryl methyl sites for hydroxylation is 1. The first-order valence-electron chi connectivity index (χ1n) is 7.05. The summed E-state index contributed by atoms with van der Waals surface area (Å²) in [6.45, 7) is 2.44. The SMILES string of the molecule is Cc1ccccc1NC(=O)/C(C#N)=C\NCc1ccc(Br)cc1. The van der Waals surface area contributed by atoms with E-state index < -0.39 is 5.91 Å². The maximum atomic E-state index is 12.1. The Kier molecular flexibility index (Phi) is 5.95. The van der Waals surface area contributed by atoms with E-state index in [0.717, 1.165) is 15.6 Å². The summed E-state index contributed by atoms with van der Waals surface area (Å²) in [5, 5.41) is 14.9. The Bertz CT molecular complexity index is 761. The third kappa shape index (κ3) is 4.97. The van der Waals surface area contributed by atoms with Gasteiger partial charge >= 0.3 is 0 Å². The molecule has 0 aliphatic heterocycles. The highest BCUT2D eigenvalue weighted by atomic mass is 79.9. The number of carbonyl (C=O) groups is 1. The molecule has 0 atom stereocenters. The van der Waals surface area contributed by atoms with Crippen molar-refractivity contribution in [3.8, 4) is 6.07 Å². The molecule has 0 aromatic heterocycles. The fourth-order valence-electron chi connectivity index (χ4n) is 1.92. The normalized spacial score (nSPS) is 10.7. The van der Waals surface area contributed by atoms with Crippen LogP contribution in [0.3, 0.4) is 0 Å². The van der Waals surface area contributed by atoms with E-state index in [2.05, 4.69) is 26.6 Å². The second-order valence-corrected chi connectivity index (χ2v) is 5.86. The van der Waals surface area contributed by atoms with Crippen LogP contribution in [0.15, 0.2) is 64.8 Å². The van der Waals surface area contributed by atoms with Crippen LogP contribution in [-0.4, -0.2) is 5.91 Å². The standard InChI is InChI=1S/C18H16BrN3O/c1-13-4-2-3-5-17(13)22-18(23)15(10-20)12-21-11-14-6-8-16(19)9-7-14/h2-9,12,21H,11H2,1H3,(H,22,23)/b15-12-. The molecule has 0 bridgehead atoms. The Hall–Kier alpha value is -2.58. The third-order valence-corrected chi connectivity index (χ3v) is 3.75. The fourth-order valence-corrected chi connectivity index (χ4v) is 2.19. The van der Waals surface area contributed by atoms with Crippen molar-refractivity contribution >= 4 is 27.5 Å². The van der Waals surface area contributed by atoms with Gasteiger partial charge in [-0.3, -0.25) is 4.79 Å². The average molecular weight is 370 g/mol. The van der Waals surface area contributed by atoms with Gasteiger partial charge in [0, 0.05) is 22.9 Å². The Morgan fingerprint density at radius 2 is 1.91 bits per heavy atom. The van der Waals surface area contributed by atoms with Crippen LogP contribution >= 0.6 is 15.9 Å². The second-order valence-electron chi connectivity index (χ2n) is 4.95. The lowest BCUT2D eigenvalue weighted by Gasteiger charge is -2.07. The molecule has 23 heavy (non-hydrogen) atoms. The zero-order valence-corrected chi connectivity index (χ0v) is 14.2. The summed E-state index contributed by atoms with van der Waals surface area (Å²) in [6.07, 6.45) is 1.44. The molecule has 2 aromatic rings. The summed E-state index contributed by atoms with van der Waals surface area (Å²) in [5.41, 5.74) is 2.74. The molecule has 4 nitrogen and oxygen atoms in total. The molecule has 1 amide bonds. The van der Waals surface area contributed by atoms with Gasteiger partial charge in [-0.15, -0.1) is 0 Å². The van der Waals surface area contributed by atoms with Gasteiger partial charge in [0.25, 0.3) is 5.91 Å². The van der Waals surface area contributed by atoms with E-state index in [4.69, 9.17) is 5.26 Å². The molecule has 0 fully saturated rings. The minimum absolute atomic E-state index is 0.0327. The van der Waals surface area contributed by atoms with Crippen LogP contribution in [0.25, 0.3) is 0 Å². The van der Waals surface area contributed by atoms with Gasteiger partial charge in [-0.05, 0) is 36.2 Å². The highest BCUT2D eigenvalue weighted by Crippen LogP contribution is 2.14. The average Bonchev–Trinajstić information content (AvgIpc) is 2.55. The van der Waals surface area contributed by atoms with Crippen LogP contribution in [0.1, 0.15) is 11.1 Å². The Labute approximate surface area is 144 Å². The van der Waals surface area contributed by atoms with Crippen LogP contribution in [0.5, 0.6) is 0 Å². The molecule has 2 aromatic carbocycles. The monoisotopic (exact) mass is 369 g/mol. The number of nitrogens with zero attached hydrogens (tertiary/aromatic N) is 1. The largest absolute Gasteiger partial charge is 0.386 e. The number of para-hydroxylation sites is 1. The van der Waals surface area contributed by atoms with Crippen molar-refractivity contribution in [2.45, 2.75) is 13.5 Å². The van der Waals surface area contributed by atoms with Crippen LogP contribution < -0.4 is 10.6 Å². The Morgan fingerprint density at radius 1 is 1.22 bits per heavy atom. The first kappa shape index (κ1) is 16.8. The van der Waals surface area contributed by atoms with Crippen molar-refractivity contribution in [1.82, 2.24) is 5.32 Å². The highest BCUT2D eigenvalue weighted by Gasteiger charge is 2.10. The number of carbonyl (C=O) groups excluding carboxylic acids is 1. The maximum absolute atomic E-state index is 12.1. The summed E-state index contributed by atoms with van der Waals surface area (Å²) in [6, 6.07) is 17.2. The topological polar surface area (TPSA) is 64.9 Å². The number of nitriles is 1. The number of halogens is 1. The third-order valence-electron chi connectivity index (χ3n) is 3.22. The number of benzene rings is 2. The number of nitrogens with one attached hydrogen (secondary N) is 2. The molecule has 0 saturated heterocycles. The summed E-state index contributed by atoms with van der Waals surface area (Å²) < 4.78 is 1.01.